The number of Topliss-reactive ketones (excluding diaryl/α,β-unsaturated/α-hetero) is 1. The average molecular weight is 414 g/mol. The van der Waals surface area contributed by atoms with E-state index in [1.165, 1.54) is 5.56 Å². The van der Waals surface area contributed by atoms with Crippen molar-refractivity contribution < 1.29 is 14.3 Å². The monoisotopic (exact) mass is 413 g/mol. The van der Waals surface area contributed by atoms with Crippen LogP contribution in [0.3, 0.4) is 0 Å². The Morgan fingerprint density at radius 3 is 2.48 bits per heavy atom. The number of hydrogen-bond acceptors (Lipinski definition) is 4. The maximum absolute atomic E-state index is 12.7. The van der Waals surface area contributed by atoms with Gasteiger partial charge in [0.15, 0.2) is 5.78 Å². The van der Waals surface area contributed by atoms with Crippen LogP contribution in [0.5, 0.6) is 11.5 Å². The van der Waals surface area contributed by atoms with Crippen molar-refractivity contribution in [1.29, 1.82) is 0 Å². The lowest BCUT2D eigenvalue weighted by Gasteiger charge is -2.20. The molecule has 0 saturated carbocycles. The fraction of sp³-hybridized carbons (Fsp3) is 0.222. The first-order chi connectivity index (χ1) is 15.2. The van der Waals surface area contributed by atoms with Crippen molar-refractivity contribution >= 4 is 11.9 Å². The van der Waals surface area contributed by atoms with Gasteiger partial charge in [0.25, 0.3) is 0 Å². The molecule has 3 aromatic rings. The summed E-state index contributed by atoms with van der Waals surface area (Å²) in [7, 11) is 0. The molecule has 1 aliphatic rings. The average Bonchev–Trinajstić information content (AvgIpc) is 2.82. The standard InChI is InChI=1S/C27H27NO3/c1-2-28(19-22-8-4-3-5-9-22)16-17-30-24-14-12-21(13-15-24)18-23-20-31-26-11-7-6-10-25(26)27(23)29/h3-15,18H,2,16-17,19-20H2,1H3/b23-18+. The van der Waals surface area contributed by atoms with E-state index in [4.69, 9.17) is 9.47 Å². The van der Waals surface area contributed by atoms with Gasteiger partial charge in [-0.2, -0.15) is 0 Å². The van der Waals surface area contributed by atoms with Crippen LogP contribution in [0.4, 0.5) is 0 Å². The van der Waals surface area contributed by atoms with Crippen LogP contribution in [0.2, 0.25) is 0 Å². The molecule has 4 heteroatoms. The largest absolute Gasteiger partial charge is 0.492 e. The number of carbonyl (C=O) groups is 1. The van der Waals surface area contributed by atoms with Gasteiger partial charge in [0, 0.05) is 18.7 Å². The highest BCUT2D eigenvalue weighted by atomic mass is 16.5. The highest BCUT2D eigenvalue weighted by molar-refractivity contribution is 6.14. The number of fused-ring (bicyclic) bond motifs is 1. The number of hydrogen-bond donors (Lipinski definition) is 0. The van der Waals surface area contributed by atoms with E-state index in [-0.39, 0.29) is 5.78 Å². The maximum atomic E-state index is 12.7. The van der Waals surface area contributed by atoms with E-state index in [2.05, 4.69) is 36.1 Å². The number of rotatable bonds is 8. The van der Waals surface area contributed by atoms with Crippen molar-refractivity contribution in [3.8, 4) is 11.5 Å². The molecule has 0 aliphatic carbocycles. The molecule has 4 nitrogen and oxygen atoms in total. The molecule has 4 rings (SSSR count). The molecule has 1 heterocycles. The summed E-state index contributed by atoms with van der Waals surface area (Å²) in [6.45, 7) is 5.85. The van der Waals surface area contributed by atoms with E-state index in [1.54, 1.807) is 6.07 Å². The quantitative estimate of drug-likeness (QED) is 0.473. The van der Waals surface area contributed by atoms with Gasteiger partial charge in [0.05, 0.1) is 5.56 Å². The number of ether oxygens (including phenoxy) is 2. The second-order valence-electron chi connectivity index (χ2n) is 7.56. The summed E-state index contributed by atoms with van der Waals surface area (Å²) in [4.78, 5) is 15.0. The van der Waals surface area contributed by atoms with Crippen molar-refractivity contribution in [3.63, 3.8) is 0 Å². The Labute approximate surface area is 183 Å². The molecule has 0 saturated heterocycles. The van der Waals surface area contributed by atoms with Gasteiger partial charge in [-0.25, -0.2) is 0 Å². The number of para-hydroxylation sites is 1. The third-order valence-corrected chi connectivity index (χ3v) is 5.40. The maximum Gasteiger partial charge on any atom is 0.196 e. The first-order valence-corrected chi connectivity index (χ1v) is 10.7. The van der Waals surface area contributed by atoms with Crippen LogP contribution >= 0.6 is 0 Å². The van der Waals surface area contributed by atoms with Crippen LogP contribution in [0.15, 0.2) is 84.4 Å². The summed E-state index contributed by atoms with van der Waals surface area (Å²) in [5, 5.41) is 0. The highest BCUT2D eigenvalue weighted by Gasteiger charge is 2.22. The number of benzene rings is 3. The predicted molar refractivity (Wildman–Crippen MR) is 124 cm³/mol. The summed E-state index contributed by atoms with van der Waals surface area (Å²) < 4.78 is 11.6. The minimum absolute atomic E-state index is 0.0280. The van der Waals surface area contributed by atoms with E-state index < -0.39 is 0 Å². The Morgan fingerprint density at radius 1 is 0.968 bits per heavy atom. The van der Waals surface area contributed by atoms with Gasteiger partial charge in [-0.3, -0.25) is 9.69 Å². The summed E-state index contributed by atoms with van der Waals surface area (Å²) in [5.74, 6) is 1.51. The molecule has 0 amide bonds. The zero-order valence-corrected chi connectivity index (χ0v) is 17.8. The van der Waals surface area contributed by atoms with Gasteiger partial charge in [-0.05, 0) is 48.0 Å². The molecule has 0 atom stereocenters. The molecule has 0 spiro atoms. The van der Waals surface area contributed by atoms with E-state index >= 15 is 0 Å². The smallest absolute Gasteiger partial charge is 0.196 e. The number of carbonyl (C=O) groups excluding carboxylic acids is 1. The molecule has 158 valence electrons. The topological polar surface area (TPSA) is 38.8 Å². The van der Waals surface area contributed by atoms with Crippen LogP contribution in [0.1, 0.15) is 28.4 Å². The summed E-state index contributed by atoms with van der Waals surface area (Å²) in [6.07, 6.45) is 1.89. The van der Waals surface area contributed by atoms with Crippen LogP contribution in [-0.2, 0) is 6.54 Å². The Bertz CT molecular complexity index is 1040. The number of likely N-dealkylation sites (N-methyl/N-ethyl adjacent to an activating group) is 1. The molecule has 0 bridgehead atoms. The molecular formula is C27H27NO3. The Balaban J connectivity index is 1.31. The van der Waals surface area contributed by atoms with E-state index in [1.807, 2.05) is 54.6 Å². The SMILES string of the molecule is CCN(CCOc1ccc(/C=C2\COc3ccccc3C2=O)cc1)Cc1ccccc1. The predicted octanol–water partition coefficient (Wildman–Crippen LogP) is 5.25. The molecule has 0 radical (unpaired) electrons. The fourth-order valence-corrected chi connectivity index (χ4v) is 3.63. The molecular weight excluding hydrogens is 386 g/mol. The van der Waals surface area contributed by atoms with Crippen molar-refractivity contribution in [2.45, 2.75) is 13.5 Å². The second kappa shape index (κ2) is 10.1. The Kier molecular flexibility index (Phi) is 6.80. The minimum atomic E-state index is 0.0280. The molecule has 0 N–H and O–H groups in total. The van der Waals surface area contributed by atoms with Crippen LogP contribution in [-0.4, -0.2) is 37.0 Å². The highest BCUT2D eigenvalue weighted by Crippen LogP contribution is 2.27. The molecule has 0 aromatic heterocycles. The lowest BCUT2D eigenvalue weighted by atomic mass is 9.98. The zero-order valence-electron chi connectivity index (χ0n) is 17.8. The van der Waals surface area contributed by atoms with Gasteiger partial charge < -0.3 is 9.47 Å². The second-order valence-corrected chi connectivity index (χ2v) is 7.56. The van der Waals surface area contributed by atoms with Crippen molar-refractivity contribution in [3.05, 3.63) is 101 Å². The van der Waals surface area contributed by atoms with Crippen molar-refractivity contribution in [1.82, 2.24) is 4.90 Å². The third-order valence-electron chi connectivity index (χ3n) is 5.40. The summed E-state index contributed by atoms with van der Waals surface area (Å²) >= 11 is 0. The lowest BCUT2D eigenvalue weighted by molar-refractivity contribution is 0.100. The van der Waals surface area contributed by atoms with Crippen molar-refractivity contribution in [2.75, 3.05) is 26.3 Å². The summed E-state index contributed by atoms with van der Waals surface area (Å²) in [5.41, 5.74) is 3.55. The summed E-state index contributed by atoms with van der Waals surface area (Å²) in [6, 6.07) is 25.7. The van der Waals surface area contributed by atoms with Gasteiger partial charge >= 0.3 is 0 Å². The molecule has 0 unspecified atom stereocenters. The van der Waals surface area contributed by atoms with Crippen LogP contribution < -0.4 is 9.47 Å². The Morgan fingerprint density at radius 2 is 1.71 bits per heavy atom. The zero-order chi connectivity index (χ0) is 21.5. The van der Waals surface area contributed by atoms with Gasteiger partial charge in [0.1, 0.15) is 24.7 Å². The molecule has 31 heavy (non-hydrogen) atoms. The van der Waals surface area contributed by atoms with E-state index in [9.17, 15) is 4.79 Å². The van der Waals surface area contributed by atoms with Crippen LogP contribution in [0.25, 0.3) is 6.08 Å². The lowest BCUT2D eigenvalue weighted by Crippen LogP contribution is -2.27. The molecule has 1 aliphatic heterocycles. The number of ketones is 1. The minimum Gasteiger partial charge on any atom is -0.492 e. The van der Waals surface area contributed by atoms with Gasteiger partial charge in [-0.15, -0.1) is 0 Å². The fourth-order valence-electron chi connectivity index (χ4n) is 3.63. The van der Waals surface area contributed by atoms with Gasteiger partial charge in [0.2, 0.25) is 0 Å². The number of nitrogens with zero attached hydrogens (tertiary/aromatic N) is 1. The molecule has 3 aromatic carbocycles. The van der Waals surface area contributed by atoms with E-state index in [0.717, 1.165) is 30.9 Å². The first kappa shape index (κ1) is 20.9. The Hall–Kier alpha value is -3.37. The third kappa shape index (κ3) is 5.41. The van der Waals surface area contributed by atoms with E-state index in [0.29, 0.717) is 30.1 Å². The first-order valence-electron chi connectivity index (χ1n) is 10.7. The normalized spacial score (nSPS) is 14.4. The van der Waals surface area contributed by atoms with Crippen LogP contribution in [0, 0.1) is 0 Å². The van der Waals surface area contributed by atoms with Gasteiger partial charge in [-0.1, -0.05) is 61.5 Å². The molecule has 0 fully saturated rings. The van der Waals surface area contributed by atoms with Crippen molar-refractivity contribution in [2.24, 2.45) is 0 Å².